The second kappa shape index (κ2) is 10.7. The first-order valence-electron chi connectivity index (χ1n) is 12.0. The van der Waals surface area contributed by atoms with E-state index in [1.54, 1.807) is 30.2 Å². The Kier molecular flexibility index (Phi) is 7.67. The van der Waals surface area contributed by atoms with Crippen LogP contribution in [-0.4, -0.2) is 55.6 Å². The molecular formula is C27H31ClN2O5. The third-order valence-corrected chi connectivity index (χ3v) is 6.73. The van der Waals surface area contributed by atoms with Crippen LogP contribution in [0, 0.1) is 0 Å². The molecule has 186 valence electrons. The summed E-state index contributed by atoms with van der Waals surface area (Å²) in [5.41, 5.74) is 1.19. The number of halogens is 1. The number of benzene rings is 2. The highest BCUT2D eigenvalue weighted by Gasteiger charge is 2.42. The minimum Gasteiger partial charge on any atom is -0.493 e. The number of methoxy groups -OCH3 is 1. The molecule has 35 heavy (non-hydrogen) atoms. The molecule has 0 saturated heterocycles. The van der Waals surface area contributed by atoms with Gasteiger partial charge in [-0.2, -0.15) is 0 Å². The van der Waals surface area contributed by atoms with Gasteiger partial charge in [0.25, 0.3) is 5.91 Å². The topological polar surface area (TPSA) is 72.2 Å². The van der Waals surface area contributed by atoms with Gasteiger partial charge in [-0.1, -0.05) is 31.5 Å². The minimum absolute atomic E-state index is 0.0884. The zero-order valence-corrected chi connectivity index (χ0v) is 21.4. The third-order valence-electron chi connectivity index (χ3n) is 6.50. The fraction of sp³-hybridized carbons (Fsp3) is 0.407. The molecule has 1 aliphatic heterocycles. The van der Waals surface area contributed by atoms with Gasteiger partial charge in [-0.05, 0) is 68.9 Å². The Bertz CT molecular complexity index is 1280. The second-order valence-corrected chi connectivity index (χ2v) is 8.88. The monoisotopic (exact) mass is 498 g/mol. The van der Waals surface area contributed by atoms with Gasteiger partial charge in [0.05, 0.1) is 30.7 Å². The van der Waals surface area contributed by atoms with Crippen LogP contribution in [0.3, 0.4) is 0 Å². The van der Waals surface area contributed by atoms with Crippen molar-refractivity contribution in [2.24, 2.45) is 0 Å². The van der Waals surface area contributed by atoms with Crippen molar-refractivity contribution in [3.8, 4) is 11.5 Å². The van der Waals surface area contributed by atoms with E-state index in [1.165, 1.54) is 0 Å². The Hall–Kier alpha value is -3.03. The van der Waals surface area contributed by atoms with Gasteiger partial charge in [0, 0.05) is 11.6 Å². The highest BCUT2D eigenvalue weighted by atomic mass is 35.5. The lowest BCUT2D eigenvalue weighted by molar-refractivity contribution is 0.0720. The number of nitrogens with zero attached hydrogens (tertiary/aromatic N) is 2. The molecule has 0 radical (unpaired) electrons. The summed E-state index contributed by atoms with van der Waals surface area (Å²) in [6.45, 7) is 9.85. The molecule has 4 rings (SSSR count). The summed E-state index contributed by atoms with van der Waals surface area (Å²) in [7, 11) is 1.57. The predicted octanol–water partition coefficient (Wildman–Crippen LogP) is 5.13. The van der Waals surface area contributed by atoms with Crippen LogP contribution in [0.25, 0.3) is 11.0 Å². The molecule has 1 atom stereocenters. The molecule has 8 heteroatoms. The van der Waals surface area contributed by atoms with Crippen molar-refractivity contribution >= 4 is 28.5 Å². The van der Waals surface area contributed by atoms with Gasteiger partial charge in [0.1, 0.15) is 5.58 Å². The molecule has 1 aliphatic rings. The summed E-state index contributed by atoms with van der Waals surface area (Å²) in [6, 6.07) is 9.79. The van der Waals surface area contributed by atoms with Crippen LogP contribution in [0.4, 0.5) is 0 Å². The number of rotatable bonds is 10. The van der Waals surface area contributed by atoms with Gasteiger partial charge in [-0.15, -0.1) is 0 Å². The first kappa shape index (κ1) is 25.1. The van der Waals surface area contributed by atoms with Crippen molar-refractivity contribution in [1.82, 2.24) is 9.80 Å². The minimum atomic E-state index is -0.599. The molecule has 1 amide bonds. The first-order valence-corrected chi connectivity index (χ1v) is 12.4. The van der Waals surface area contributed by atoms with Gasteiger partial charge in [0.15, 0.2) is 16.9 Å². The van der Waals surface area contributed by atoms with Gasteiger partial charge < -0.3 is 23.7 Å². The maximum atomic E-state index is 13.7. The molecular weight excluding hydrogens is 468 g/mol. The first-order chi connectivity index (χ1) is 16.9. The van der Waals surface area contributed by atoms with E-state index in [0.717, 1.165) is 31.6 Å². The number of hydrogen-bond acceptors (Lipinski definition) is 6. The van der Waals surface area contributed by atoms with Crippen LogP contribution in [0.5, 0.6) is 11.5 Å². The van der Waals surface area contributed by atoms with Gasteiger partial charge in [-0.25, -0.2) is 0 Å². The normalized spacial score (nSPS) is 15.2. The molecule has 0 aliphatic carbocycles. The molecule has 2 heterocycles. The maximum Gasteiger partial charge on any atom is 0.290 e. The average Bonchev–Trinajstić information content (AvgIpc) is 3.14. The van der Waals surface area contributed by atoms with Gasteiger partial charge in [0.2, 0.25) is 5.76 Å². The SMILES string of the molecule is CCOc1ccc([C@@H]2c3c(oc4ccc(Cl)cc4c3=O)C(=O)N2CCCN(CC)CC)cc1OC. The molecule has 2 aromatic carbocycles. The molecule has 0 bridgehead atoms. The predicted molar refractivity (Wildman–Crippen MR) is 137 cm³/mol. The summed E-state index contributed by atoms with van der Waals surface area (Å²) in [5, 5.41) is 0.793. The number of fused-ring (bicyclic) bond motifs is 2. The summed E-state index contributed by atoms with van der Waals surface area (Å²) in [5.74, 6) is 0.951. The van der Waals surface area contributed by atoms with Crippen molar-refractivity contribution in [3.63, 3.8) is 0 Å². The van der Waals surface area contributed by atoms with E-state index in [2.05, 4.69) is 18.7 Å². The Morgan fingerprint density at radius 1 is 1.06 bits per heavy atom. The Morgan fingerprint density at radius 2 is 1.83 bits per heavy atom. The zero-order chi connectivity index (χ0) is 25.1. The highest BCUT2D eigenvalue weighted by molar-refractivity contribution is 6.31. The van der Waals surface area contributed by atoms with Gasteiger partial charge >= 0.3 is 0 Å². The van der Waals surface area contributed by atoms with Crippen LogP contribution in [0.1, 0.15) is 54.9 Å². The van der Waals surface area contributed by atoms with Crippen LogP contribution >= 0.6 is 11.6 Å². The summed E-state index contributed by atoms with van der Waals surface area (Å²) in [4.78, 5) is 31.3. The molecule has 0 fully saturated rings. The van der Waals surface area contributed by atoms with E-state index in [0.29, 0.717) is 46.2 Å². The third kappa shape index (κ3) is 4.75. The lowest BCUT2D eigenvalue weighted by Gasteiger charge is -2.27. The van der Waals surface area contributed by atoms with Crippen molar-refractivity contribution in [2.45, 2.75) is 33.2 Å². The largest absolute Gasteiger partial charge is 0.493 e. The van der Waals surface area contributed by atoms with Crippen molar-refractivity contribution in [2.75, 3.05) is 39.9 Å². The van der Waals surface area contributed by atoms with E-state index < -0.39 is 6.04 Å². The van der Waals surface area contributed by atoms with E-state index >= 15 is 0 Å². The Labute approximate surface area is 210 Å². The number of ether oxygens (including phenoxy) is 2. The van der Waals surface area contributed by atoms with E-state index in [4.69, 9.17) is 25.5 Å². The van der Waals surface area contributed by atoms with Gasteiger partial charge in [-0.3, -0.25) is 9.59 Å². The summed E-state index contributed by atoms with van der Waals surface area (Å²) >= 11 is 6.17. The average molecular weight is 499 g/mol. The number of carbonyl (C=O) groups excluding carboxylic acids is 1. The lowest BCUT2D eigenvalue weighted by Crippen LogP contribution is -2.33. The molecule has 0 unspecified atom stereocenters. The number of amides is 1. The standard InChI is InChI=1S/C27H31ClN2O5/c1-5-29(6-2)13-8-14-30-24(17-9-11-21(34-7-3)22(15-17)33-4)23-25(31)19-16-18(28)10-12-20(19)35-26(23)27(30)32/h9-12,15-16,24H,5-8,13-14H2,1-4H3/t24-/m1/s1. The Morgan fingerprint density at radius 3 is 2.51 bits per heavy atom. The molecule has 0 saturated carbocycles. The smallest absolute Gasteiger partial charge is 0.290 e. The Balaban J connectivity index is 1.83. The van der Waals surface area contributed by atoms with Crippen LogP contribution < -0.4 is 14.9 Å². The molecule has 3 aromatic rings. The fourth-order valence-corrected chi connectivity index (χ4v) is 4.88. The molecule has 0 spiro atoms. The van der Waals surface area contributed by atoms with Crippen LogP contribution in [-0.2, 0) is 0 Å². The highest BCUT2D eigenvalue weighted by Crippen LogP contribution is 2.41. The molecule has 1 aromatic heterocycles. The zero-order valence-electron chi connectivity index (χ0n) is 20.6. The van der Waals surface area contributed by atoms with E-state index in [9.17, 15) is 9.59 Å². The second-order valence-electron chi connectivity index (χ2n) is 8.44. The summed E-state index contributed by atoms with van der Waals surface area (Å²) in [6.07, 6.45) is 0.769. The number of hydrogen-bond donors (Lipinski definition) is 0. The van der Waals surface area contributed by atoms with Crippen molar-refractivity contribution < 1.29 is 18.7 Å². The summed E-state index contributed by atoms with van der Waals surface area (Å²) < 4.78 is 17.2. The number of carbonyl (C=O) groups is 1. The quantitative estimate of drug-likeness (QED) is 0.386. The van der Waals surface area contributed by atoms with Crippen molar-refractivity contribution in [3.05, 3.63) is 68.5 Å². The molecule has 7 nitrogen and oxygen atoms in total. The molecule has 0 N–H and O–H groups in total. The van der Waals surface area contributed by atoms with E-state index in [1.807, 2.05) is 25.1 Å². The maximum absolute atomic E-state index is 13.7. The van der Waals surface area contributed by atoms with E-state index in [-0.39, 0.29) is 17.1 Å². The van der Waals surface area contributed by atoms with Crippen LogP contribution in [0.15, 0.2) is 45.6 Å². The lowest BCUT2D eigenvalue weighted by atomic mass is 9.98. The van der Waals surface area contributed by atoms with Crippen molar-refractivity contribution in [1.29, 1.82) is 0 Å². The fourth-order valence-electron chi connectivity index (χ4n) is 4.70. The van der Waals surface area contributed by atoms with Crippen LogP contribution in [0.2, 0.25) is 5.02 Å².